The molecule has 0 aromatic carbocycles. The maximum absolute atomic E-state index is 5.98. The van der Waals surface area contributed by atoms with Crippen LogP contribution in [0.3, 0.4) is 0 Å². The summed E-state index contributed by atoms with van der Waals surface area (Å²) in [6, 6.07) is 0. The highest BCUT2D eigenvalue weighted by atomic mass is 32.1. The van der Waals surface area contributed by atoms with Crippen LogP contribution in [0.25, 0.3) is 0 Å². The largest absolute Gasteiger partial charge is 0.320 e. The van der Waals surface area contributed by atoms with Crippen LogP contribution >= 0.6 is 11.3 Å². The number of hydrogen-bond acceptors (Lipinski definition) is 3. The van der Waals surface area contributed by atoms with E-state index in [2.05, 4.69) is 10.9 Å². The first-order valence-electron chi connectivity index (χ1n) is 3.81. The number of terminal acetylenes is 1. The van der Waals surface area contributed by atoms with Gasteiger partial charge in [0.25, 0.3) is 0 Å². The normalized spacial score (nSPS) is 15.2. The molecule has 1 unspecified atom stereocenters. The van der Waals surface area contributed by atoms with Gasteiger partial charge in [-0.15, -0.1) is 17.8 Å². The molecule has 12 heavy (non-hydrogen) atoms. The van der Waals surface area contributed by atoms with Crippen LogP contribution in [0.2, 0.25) is 0 Å². The minimum Gasteiger partial charge on any atom is -0.320 e. The zero-order valence-electron chi connectivity index (χ0n) is 7.29. The van der Waals surface area contributed by atoms with Gasteiger partial charge in [0.15, 0.2) is 0 Å². The molecule has 0 amide bonds. The van der Waals surface area contributed by atoms with Crippen LogP contribution in [0.5, 0.6) is 0 Å². The highest BCUT2D eigenvalue weighted by Crippen LogP contribution is 2.24. The van der Waals surface area contributed by atoms with Crippen molar-refractivity contribution in [2.75, 3.05) is 0 Å². The summed E-state index contributed by atoms with van der Waals surface area (Å²) in [4.78, 5) is 4.23. The fourth-order valence-electron chi connectivity index (χ4n) is 0.754. The smallest absolute Gasteiger partial charge is 0.124 e. The molecule has 0 saturated heterocycles. The molecule has 2 nitrogen and oxygen atoms in total. The minimum atomic E-state index is -0.334. The van der Waals surface area contributed by atoms with Crippen LogP contribution in [0, 0.1) is 12.3 Å². The predicted molar refractivity (Wildman–Crippen MR) is 51.9 cm³/mol. The molecule has 3 heteroatoms. The van der Waals surface area contributed by atoms with E-state index >= 15 is 0 Å². The van der Waals surface area contributed by atoms with E-state index < -0.39 is 0 Å². The van der Waals surface area contributed by atoms with Gasteiger partial charge < -0.3 is 5.73 Å². The molecule has 0 radical (unpaired) electrons. The molecule has 0 saturated carbocycles. The van der Waals surface area contributed by atoms with Crippen molar-refractivity contribution in [3.63, 3.8) is 0 Å². The van der Waals surface area contributed by atoms with Crippen molar-refractivity contribution in [3.8, 4) is 12.3 Å². The topological polar surface area (TPSA) is 38.9 Å². The maximum atomic E-state index is 5.98. The Bertz CT molecular complexity index is 307. The number of aromatic nitrogens is 1. The van der Waals surface area contributed by atoms with E-state index in [9.17, 15) is 0 Å². The van der Waals surface area contributed by atoms with Gasteiger partial charge >= 0.3 is 0 Å². The summed E-state index contributed by atoms with van der Waals surface area (Å²) < 4.78 is 0. The third-order valence-electron chi connectivity index (χ3n) is 1.88. The van der Waals surface area contributed by atoms with E-state index in [-0.39, 0.29) is 5.54 Å². The molecule has 0 spiro atoms. The van der Waals surface area contributed by atoms with Gasteiger partial charge in [0.2, 0.25) is 0 Å². The second-order valence-corrected chi connectivity index (χ2v) is 3.81. The van der Waals surface area contributed by atoms with Crippen LogP contribution < -0.4 is 5.73 Å². The lowest BCUT2D eigenvalue weighted by Gasteiger charge is -2.18. The average Bonchev–Trinajstić information content (AvgIpc) is 2.52. The lowest BCUT2D eigenvalue weighted by atomic mass is 10.0. The van der Waals surface area contributed by atoms with Gasteiger partial charge in [-0.2, -0.15) is 0 Å². The van der Waals surface area contributed by atoms with Crippen molar-refractivity contribution < 1.29 is 0 Å². The van der Waals surface area contributed by atoms with Crippen molar-refractivity contribution in [1.29, 1.82) is 0 Å². The molecular formula is C9H12N2S. The Morgan fingerprint density at radius 3 is 2.92 bits per heavy atom. The van der Waals surface area contributed by atoms with Crippen molar-refractivity contribution in [2.45, 2.75) is 25.8 Å². The Hall–Kier alpha value is -0.850. The number of thiazole rings is 1. The second-order valence-electron chi connectivity index (χ2n) is 2.95. The number of nitrogens with zero attached hydrogens (tertiary/aromatic N) is 1. The van der Waals surface area contributed by atoms with E-state index in [1.54, 1.807) is 0 Å². The lowest BCUT2D eigenvalue weighted by molar-refractivity contribution is 0.473. The highest BCUT2D eigenvalue weighted by molar-refractivity contribution is 7.09. The van der Waals surface area contributed by atoms with Crippen molar-refractivity contribution >= 4 is 11.3 Å². The molecular weight excluding hydrogens is 168 g/mol. The average molecular weight is 180 g/mol. The summed E-state index contributed by atoms with van der Waals surface area (Å²) in [5.74, 6) is 2.49. The van der Waals surface area contributed by atoms with Crippen LogP contribution in [0.1, 0.15) is 31.0 Å². The molecule has 0 aliphatic carbocycles. The predicted octanol–water partition coefficient (Wildman–Crippen LogP) is 1.71. The summed E-state index contributed by atoms with van der Waals surface area (Å²) in [6.45, 7) is 4.00. The standard InChI is InChI=1S/C9H12N2S/c1-4-7-6-12-8(11-7)9(3,10)5-2/h1,6H,5,10H2,2-3H3. The first-order valence-corrected chi connectivity index (χ1v) is 4.69. The van der Waals surface area contributed by atoms with Gasteiger partial charge in [0.1, 0.15) is 10.7 Å². The van der Waals surface area contributed by atoms with E-state index in [1.165, 1.54) is 11.3 Å². The van der Waals surface area contributed by atoms with Gasteiger partial charge in [-0.25, -0.2) is 4.98 Å². The van der Waals surface area contributed by atoms with E-state index in [0.29, 0.717) is 5.69 Å². The third kappa shape index (κ3) is 1.66. The molecule has 1 aromatic heterocycles. The van der Waals surface area contributed by atoms with Crippen LogP contribution in [0.4, 0.5) is 0 Å². The van der Waals surface area contributed by atoms with Gasteiger partial charge in [-0.1, -0.05) is 6.92 Å². The number of hydrogen-bond donors (Lipinski definition) is 1. The molecule has 1 aromatic rings. The van der Waals surface area contributed by atoms with Gasteiger partial charge in [0, 0.05) is 5.38 Å². The molecule has 1 atom stereocenters. The van der Waals surface area contributed by atoms with Crippen LogP contribution in [-0.4, -0.2) is 4.98 Å². The monoisotopic (exact) mass is 180 g/mol. The van der Waals surface area contributed by atoms with Gasteiger partial charge in [0.05, 0.1) is 5.54 Å². The summed E-state index contributed by atoms with van der Waals surface area (Å²) >= 11 is 1.53. The quantitative estimate of drug-likeness (QED) is 0.704. The number of nitrogens with two attached hydrogens (primary N) is 1. The van der Waals surface area contributed by atoms with Crippen molar-refractivity contribution in [1.82, 2.24) is 4.98 Å². The molecule has 0 aliphatic heterocycles. The van der Waals surface area contributed by atoms with E-state index in [1.807, 2.05) is 19.2 Å². The fourth-order valence-corrected chi connectivity index (χ4v) is 1.66. The molecule has 1 rings (SSSR count). The Morgan fingerprint density at radius 2 is 2.50 bits per heavy atom. The lowest BCUT2D eigenvalue weighted by Crippen LogP contribution is -2.31. The summed E-state index contributed by atoms with van der Waals surface area (Å²) in [5.41, 5.74) is 6.33. The van der Waals surface area contributed by atoms with Crippen molar-refractivity contribution in [3.05, 3.63) is 16.1 Å². The molecule has 0 aliphatic rings. The van der Waals surface area contributed by atoms with E-state index in [0.717, 1.165) is 11.4 Å². The molecule has 2 N–H and O–H groups in total. The van der Waals surface area contributed by atoms with E-state index in [4.69, 9.17) is 12.2 Å². The molecule has 0 fully saturated rings. The number of rotatable bonds is 2. The summed E-state index contributed by atoms with van der Waals surface area (Å²) in [5, 5.41) is 2.77. The summed E-state index contributed by atoms with van der Waals surface area (Å²) in [6.07, 6.45) is 6.07. The molecule has 1 heterocycles. The summed E-state index contributed by atoms with van der Waals surface area (Å²) in [7, 11) is 0. The Morgan fingerprint density at radius 1 is 1.83 bits per heavy atom. The van der Waals surface area contributed by atoms with Crippen LogP contribution in [-0.2, 0) is 5.54 Å². The second kappa shape index (κ2) is 3.26. The molecule has 64 valence electrons. The SMILES string of the molecule is C#Cc1csc(C(C)(N)CC)n1. The fraction of sp³-hybridized carbons (Fsp3) is 0.444. The van der Waals surface area contributed by atoms with Crippen LogP contribution in [0.15, 0.2) is 5.38 Å². The highest BCUT2D eigenvalue weighted by Gasteiger charge is 2.21. The Balaban J connectivity index is 2.98. The first kappa shape index (κ1) is 9.24. The Labute approximate surface area is 76.8 Å². The van der Waals surface area contributed by atoms with Crippen molar-refractivity contribution in [2.24, 2.45) is 5.73 Å². The van der Waals surface area contributed by atoms with Gasteiger partial charge in [-0.05, 0) is 19.3 Å². The Kier molecular flexibility index (Phi) is 2.51. The zero-order chi connectivity index (χ0) is 9.19. The zero-order valence-corrected chi connectivity index (χ0v) is 8.11. The first-order chi connectivity index (χ1) is 5.60. The molecule has 0 bridgehead atoms. The maximum Gasteiger partial charge on any atom is 0.124 e. The minimum absolute atomic E-state index is 0.334. The van der Waals surface area contributed by atoms with Gasteiger partial charge in [-0.3, -0.25) is 0 Å². The third-order valence-corrected chi connectivity index (χ3v) is 3.00.